The van der Waals surface area contributed by atoms with Gasteiger partial charge in [0.05, 0.1) is 31.6 Å². The highest BCUT2D eigenvalue weighted by molar-refractivity contribution is 5.76. The minimum absolute atomic E-state index is 0.252. The zero-order valence-electron chi connectivity index (χ0n) is 11.6. The lowest BCUT2D eigenvalue weighted by Crippen LogP contribution is -2.25. The van der Waals surface area contributed by atoms with Gasteiger partial charge in [-0.25, -0.2) is 0 Å². The van der Waals surface area contributed by atoms with Crippen molar-refractivity contribution in [2.45, 2.75) is 6.04 Å². The number of ether oxygens (including phenoxy) is 2. The highest BCUT2D eigenvalue weighted by atomic mass is 16.5. The summed E-state index contributed by atoms with van der Waals surface area (Å²) in [5.74, 6) is 1.47. The zero-order valence-corrected chi connectivity index (χ0v) is 11.6. The Morgan fingerprint density at radius 2 is 1.60 bits per heavy atom. The Balaban J connectivity index is 1.91. The minimum atomic E-state index is 0.252. The third-order valence-electron chi connectivity index (χ3n) is 3.55. The average molecular weight is 270 g/mol. The Bertz CT molecular complexity index is 599. The van der Waals surface area contributed by atoms with E-state index in [1.54, 1.807) is 14.2 Å². The number of anilines is 2. The zero-order chi connectivity index (χ0) is 13.9. The maximum absolute atomic E-state index is 5.35. The normalized spacial score (nSPS) is 16.6. The first-order valence-corrected chi connectivity index (χ1v) is 6.63. The van der Waals surface area contributed by atoms with Crippen LogP contribution >= 0.6 is 0 Å². The molecule has 0 fully saturated rings. The third kappa shape index (κ3) is 2.25. The molecule has 3 rings (SSSR count). The summed E-state index contributed by atoms with van der Waals surface area (Å²) < 4.78 is 10.7. The topological polar surface area (TPSA) is 42.5 Å². The lowest BCUT2D eigenvalue weighted by molar-refractivity contribution is 0.355. The largest absolute Gasteiger partial charge is 0.493 e. The van der Waals surface area contributed by atoms with E-state index < -0.39 is 0 Å². The monoisotopic (exact) mass is 270 g/mol. The van der Waals surface area contributed by atoms with E-state index in [0.29, 0.717) is 0 Å². The first kappa shape index (κ1) is 12.7. The smallest absolute Gasteiger partial charge is 0.162 e. The minimum Gasteiger partial charge on any atom is -0.493 e. The molecule has 4 nitrogen and oxygen atoms in total. The summed E-state index contributed by atoms with van der Waals surface area (Å²) in [5, 5.41) is 6.98. The molecule has 0 saturated carbocycles. The van der Waals surface area contributed by atoms with Crippen LogP contribution in [0.3, 0.4) is 0 Å². The molecule has 1 heterocycles. The first-order chi connectivity index (χ1) is 9.81. The summed E-state index contributed by atoms with van der Waals surface area (Å²) in [6.45, 7) is 0.840. The van der Waals surface area contributed by atoms with E-state index >= 15 is 0 Å². The molecule has 1 atom stereocenters. The van der Waals surface area contributed by atoms with Crippen LogP contribution < -0.4 is 20.1 Å². The number of nitrogens with one attached hydrogen (secondary N) is 2. The standard InChI is InChI=1S/C16H18N2O2/c1-19-15-8-12-13(9-16(15)20-2)18-14(10-17-12)11-6-4-3-5-7-11/h3-9,14,17-18H,10H2,1-2H3. The molecular weight excluding hydrogens is 252 g/mol. The van der Waals surface area contributed by atoms with E-state index in [9.17, 15) is 0 Å². The van der Waals surface area contributed by atoms with Gasteiger partial charge in [-0.2, -0.15) is 0 Å². The summed E-state index contributed by atoms with van der Waals surface area (Å²) in [6.07, 6.45) is 0. The molecule has 0 aliphatic carbocycles. The maximum atomic E-state index is 5.35. The van der Waals surface area contributed by atoms with Gasteiger partial charge in [-0.1, -0.05) is 30.3 Å². The third-order valence-corrected chi connectivity index (χ3v) is 3.55. The predicted octanol–water partition coefficient (Wildman–Crippen LogP) is 3.28. The molecule has 2 aromatic rings. The van der Waals surface area contributed by atoms with Crippen molar-refractivity contribution in [3.63, 3.8) is 0 Å². The Kier molecular flexibility index (Phi) is 3.37. The second-order valence-corrected chi connectivity index (χ2v) is 4.74. The number of rotatable bonds is 3. The molecule has 2 aromatic carbocycles. The average Bonchev–Trinajstić information content (AvgIpc) is 2.53. The Morgan fingerprint density at radius 3 is 2.25 bits per heavy atom. The molecule has 1 aliphatic rings. The molecule has 0 amide bonds. The van der Waals surface area contributed by atoms with E-state index in [1.807, 2.05) is 18.2 Å². The Hall–Kier alpha value is -2.36. The quantitative estimate of drug-likeness (QED) is 0.898. The van der Waals surface area contributed by atoms with Crippen molar-refractivity contribution < 1.29 is 9.47 Å². The Morgan fingerprint density at radius 1 is 0.950 bits per heavy atom. The van der Waals surface area contributed by atoms with Gasteiger partial charge in [0.2, 0.25) is 0 Å². The van der Waals surface area contributed by atoms with Gasteiger partial charge in [-0.15, -0.1) is 0 Å². The van der Waals surface area contributed by atoms with Crippen LogP contribution in [0.1, 0.15) is 11.6 Å². The van der Waals surface area contributed by atoms with Gasteiger partial charge in [0.1, 0.15) is 0 Å². The highest BCUT2D eigenvalue weighted by Crippen LogP contribution is 2.40. The molecule has 1 aliphatic heterocycles. The van der Waals surface area contributed by atoms with Crippen LogP contribution in [0, 0.1) is 0 Å². The molecule has 20 heavy (non-hydrogen) atoms. The lowest BCUT2D eigenvalue weighted by Gasteiger charge is -2.29. The summed E-state index contributed by atoms with van der Waals surface area (Å²) in [5.41, 5.74) is 3.33. The fraction of sp³-hybridized carbons (Fsp3) is 0.250. The van der Waals surface area contributed by atoms with Crippen molar-refractivity contribution in [3.05, 3.63) is 48.0 Å². The molecule has 2 N–H and O–H groups in total. The summed E-state index contributed by atoms with van der Waals surface area (Å²) >= 11 is 0. The number of hydrogen-bond acceptors (Lipinski definition) is 4. The molecule has 0 spiro atoms. The van der Waals surface area contributed by atoms with Crippen molar-refractivity contribution in [2.24, 2.45) is 0 Å². The molecule has 4 heteroatoms. The number of benzene rings is 2. The molecule has 0 saturated heterocycles. The maximum Gasteiger partial charge on any atom is 0.162 e. The van der Waals surface area contributed by atoms with E-state index in [2.05, 4.69) is 34.9 Å². The van der Waals surface area contributed by atoms with E-state index in [-0.39, 0.29) is 6.04 Å². The van der Waals surface area contributed by atoms with Crippen LogP contribution in [-0.4, -0.2) is 20.8 Å². The van der Waals surface area contributed by atoms with E-state index in [0.717, 1.165) is 29.4 Å². The van der Waals surface area contributed by atoms with E-state index in [4.69, 9.17) is 9.47 Å². The molecule has 104 valence electrons. The lowest BCUT2D eigenvalue weighted by atomic mass is 10.0. The van der Waals surface area contributed by atoms with Gasteiger partial charge in [-0.05, 0) is 5.56 Å². The van der Waals surface area contributed by atoms with Gasteiger partial charge in [0, 0.05) is 18.7 Å². The van der Waals surface area contributed by atoms with Crippen LogP contribution in [0.5, 0.6) is 11.5 Å². The molecule has 0 bridgehead atoms. The number of fused-ring (bicyclic) bond motifs is 1. The van der Waals surface area contributed by atoms with Gasteiger partial charge in [0.25, 0.3) is 0 Å². The molecule has 1 unspecified atom stereocenters. The van der Waals surface area contributed by atoms with Crippen molar-refractivity contribution in [1.82, 2.24) is 0 Å². The second-order valence-electron chi connectivity index (χ2n) is 4.74. The summed E-state index contributed by atoms with van der Waals surface area (Å²) in [7, 11) is 3.29. The fourth-order valence-electron chi connectivity index (χ4n) is 2.48. The van der Waals surface area contributed by atoms with Crippen LogP contribution in [-0.2, 0) is 0 Å². The fourth-order valence-corrected chi connectivity index (χ4v) is 2.48. The number of methoxy groups -OCH3 is 2. The van der Waals surface area contributed by atoms with Crippen molar-refractivity contribution in [2.75, 3.05) is 31.4 Å². The molecule has 0 radical (unpaired) electrons. The van der Waals surface area contributed by atoms with Crippen LogP contribution in [0.2, 0.25) is 0 Å². The SMILES string of the molecule is COc1cc2c(cc1OC)NC(c1ccccc1)CN2. The van der Waals surface area contributed by atoms with E-state index in [1.165, 1.54) is 5.56 Å². The Labute approximate surface area is 118 Å². The van der Waals surface area contributed by atoms with Crippen molar-refractivity contribution >= 4 is 11.4 Å². The number of hydrogen-bond donors (Lipinski definition) is 2. The second kappa shape index (κ2) is 5.33. The van der Waals surface area contributed by atoms with Gasteiger partial charge < -0.3 is 20.1 Å². The van der Waals surface area contributed by atoms with Gasteiger partial charge >= 0.3 is 0 Å². The van der Waals surface area contributed by atoms with Gasteiger partial charge in [0.15, 0.2) is 11.5 Å². The summed E-state index contributed by atoms with van der Waals surface area (Å²) in [6, 6.07) is 14.6. The van der Waals surface area contributed by atoms with Crippen LogP contribution in [0.4, 0.5) is 11.4 Å². The van der Waals surface area contributed by atoms with Gasteiger partial charge in [-0.3, -0.25) is 0 Å². The first-order valence-electron chi connectivity index (χ1n) is 6.63. The molecular formula is C16H18N2O2. The van der Waals surface area contributed by atoms with Crippen LogP contribution in [0.25, 0.3) is 0 Å². The molecule has 0 aromatic heterocycles. The summed E-state index contributed by atoms with van der Waals surface area (Å²) in [4.78, 5) is 0. The highest BCUT2D eigenvalue weighted by Gasteiger charge is 2.20. The van der Waals surface area contributed by atoms with Crippen molar-refractivity contribution in [3.8, 4) is 11.5 Å². The van der Waals surface area contributed by atoms with Crippen LogP contribution in [0.15, 0.2) is 42.5 Å². The predicted molar refractivity (Wildman–Crippen MR) is 80.8 cm³/mol. The van der Waals surface area contributed by atoms with Crippen molar-refractivity contribution in [1.29, 1.82) is 0 Å².